The molecule has 3 aromatic rings. The van der Waals surface area contributed by atoms with Crippen LogP contribution in [0.15, 0.2) is 36.9 Å². The zero-order valence-electron chi connectivity index (χ0n) is 12.3. The summed E-state index contributed by atoms with van der Waals surface area (Å²) < 4.78 is 1.60. The van der Waals surface area contributed by atoms with Crippen LogP contribution in [0.5, 0.6) is 0 Å². The fourth-order valence-corrected chi connectivity index (χ4v) is 2.35. The third-order valence-electron chi connectivity index (χ3n) is 3.42. The van der Waals surface area contributed by atoms with Gasteiger partial charge in [0.2, 0.25) is 0 Å². The molecule has 0 aliphatic carbocycles. The lowest BCUT2D eigenvalue weighted by atomic mass is 10.1. The molecule has 0 aromatic carbocycles. The van der Waals surface area contributed by atoms with Crippen molar-refractivity contribution in [2.45, 2.75) is 6.42 Å². The smallest absolute Gasteiger partial charge is 0.253 e. The Morgan fingerprint density at radius 3 is 2.87 bits per heavy atom. The number of hydrogen-bond donors (Lipinski definition) is 3. The summed E-state index contributed by atoms with van der Waals surface area (Å²) in [5.41, 5.74) is 8.38. The molecule has 0 bridgehead atoms. The van der Waals surface area contributed by atoms with Crippen molar-refractivity contribution in [3.63, 3.8) is 0 Å². The van der Waals surface area contributed by atoms with Gasteiger partial charge >= 0.3 is 0 Å². The minimum atomic E-state index is -0.280. The highest BCUT2D eigenvalue weighted by atomic mass is 16.3. The maximum atomic E-state index is 12.4. The number of carbonyl (C=O) groups excluding carboxylic acids is 1. The number of hydrogen-bond acceptors (Lipinski definition) is 6. The van der Waals surface area contributed by atoms with E-state index in [2.05, 4.69) is 20.4 Å². The summed E-state index contributed by atoms with van der Waals surface area (Å²) in [5.74, 6) is -0.0506. The zero-order chi connectivity index (χ0) is 16.2. The Bertz CT molecular complexity index is 831. The van der Waals surface area contributed by atoms with Gasteiger partial charge in [-0.2, -0.15) is 5.10 Å². The molecule has 0 aliphatic heterocycles. The molecule has 0 radical (unpaired) electrons. The van der Waals surface area contributed by atoms with Crippen LogP contribution in [-0.2, 0) is 0 Å². The van der Waals surface area contributed by atoms with Gasteiger partial charge in [0, 0.05) is 31.1 Å². The first-order chi connectivity index (χ1) is 11.2. The van der Waals surface area contributed by atoms with Crippen molar-refractivity contribution >= 4 is 17.2 Å². The first kappa shape index (κ1) is 14.9. The second kappa shape index (κ2) is 6.41. The van der Waals surface area contributed by atoms with Gasteiger partial charge < -0.3 is 16.2 Å². The molecule has 0 saturated carbocycles. The molecule has 118 valence electrons. The molecule has 1 amide bonds. The van der Waals surface area contributed by atoms with Crippen LogP contribution in [0.2, 0.25) is 0 Å². The van der Waals surface area contributed by atoms with Crippen LogP contribution < -0.4 is 11.1 Å². The van der Waals surface area contributed by atoms with Gasteiger partial charge in [-0.1, -0.05) is 0 Å². The van der Waals surface area contributed by atoms with E-state index >= 15 is 0 Å². The monoisotopic (exact) mass is 312 g/mol. The number of amides is 1. The molecular formula is C15H16N6O2. The first-order valence-electron chi connectivity index (χ1n) is 7.14. The fraction of sp³-hybridized carbons (Fsp3) is 0.200. The van der Waals surface area contributed by atoms with Gasteiger partial charge in [0.1, 0.15) is 11.8 Å². The van der Waals surface area contributed by atoms with Gasteiger partial charge in [-0.05, 0) is 24.6 Å². The number of anilines is 1. The lowest BCUT2D eigenvalue weighted by Crippen LogP contribution is -2.25. The Balaban J connectivity index is 2.10. The number of aliphatic hydroxyl groups excluding tert-OH is 1. The molecule has 3 heterocycles. The van der Waals surface area contributed by atoms with Gasteiger partial charge in [-0.3, -0.25) is 9.78 Å². The molecule has 0 fully saturated rings. The maximum Gasteiger partial charge on any atom is 0.253 e. The molecule has 8 heteroatoms. The van der Waals surface area contributed by atoms with Crippen LogP contribution in [0.25, 0.3) is 16.8 Å². The van der Waals surface area contributed by atoms with E-state index in [0.717, 1.165) is 11.3 Å². The van der Waals surface area contributed by atoms with Gasteiger partial charge in [-0.15, -0.1) is 0 Å². The molecular weight excluding hydrogens is 296 g/mol. The van der Waals surface area contributed by atoms with E-state index < -0.39 is 0 Å². The van der Waals surface area contributed by atoms with Crippen molar-refractivity contribution < 1.29 is 9.90 Å². The lowest BCUT2D eigenvalue weighted by molar-refractivity contribution is 0.0953. The van der Waals surface area contributed by atoms with Gasteiger partial charge in [-0.25, -0.2) is 9.50 Å². The molecule has 8 nitrogen and oxygen atoms in total. The fourth-order valence-electron chi connectivity index (χ4n) is 2.35. The number of carbonyl (C=O) groups is 1. The summed E-state index contributed by atoms with van der Waals surface area (Å²) in [4.78, 5) is 20.4. The normalized spacial score (nSPS) is 10.8. The van der Waals surface area contributed by atoms with Crippen LogP contribution in [-0.4, -0.2) is 43.7 Å². The number of aromatic nitrogens is 4. The van der Waals surface area contributed by atoms with E-state index in [1.807, 2.05) is 12.1 Å². The van der Waals surface area contributed by atoms with Gasteiger partial charge in [0.15, 0.2) is 5.82 Å². The van der Waals surface area contributed by atoms with Gasteiger partial charge in [0.05, 0.1) is 11.3 Å². The Morgan fingerprint density at radius 2 is 2.13 bits per heavy atom. The van der Waals surface area contributed by atoms with Crippen LogP contribution in [0.4, 0.5) is 5.82 Å². The number of nitrogen functional groups attached to an aromatic ring is 1. The van der Waals surface area contributed by atoms with Crippen molar-refractivity contribution in [2.75, 3.05) is 18.9 Å². The molecule has 0 atom stereocenters. The summed E-state index contributed by atoms with van der Waals surface area (Å²) in [6.45, 7) is 0.398. The number of aliphatic hydroxyl groups is 1. The number of nitrogens with one attached hydrogen (secondary N) is 1. The summed E-state index contributed by atoms with van der Waals surface area (Å²) in [5, 5.41) is 15.8. The third kappa shape index (κ3) is 2.84. The summed E-state index contributed by atoms with van der Waals surface area (Å²) in [7, 11) is 0. The maximum absolute atomic E-state index is 12.4. The lowest BCUT2D eigenvalue weighted by Gasteiger charge is -2.04. The highest BCUT2D eigenvalue weighted by molar-refractivity contribution is 6.05. The summed E-state index contributed by atoms with van der Waals surface area (Å²) in [6, 6.07) is 5.38. The van der Waals surface area contributed by atoms with Crippen LogP contribution in [0, 0.1) is 0 Å². The van der Waals surface area contributed by atoms with Crippen molar-refractivity contribution in [1.29, 1.82) is 0 Å². The topological polar surface area (TPSA) is 118 Å². The zero-order valence-corrected chi connectivity index (χ0v) is 12.3. The van der Waals surface area contributed by atoms with Crippen molar-refractivity contribution in [3.8, 4) is 11.3 Å². The van der Waals surface area contributed by atoms with Crippen molar-refractivity contribution in [3.05, 3.63) is 42.5 Å². The molecule has 0 unspecified atom stereocenters. The number of nitrogens with two attached hydrogens (primary N) is 1. The number of fused-ring (bicyclic) bond motifs is 1. The minimum absolute atomic E-state index is 0.0182. The second-order valence-corrected chi connectivity index (χ2v) is 4.92. The molecule has 0 aliphatic rings. The molecule has 0 spiro atoms. The highest BCUT2D eigenvalue weighted by Gasteiger charge is 2.19. The first-order valence-corrected chi connectivity index (χ1v) is 7.14. The standard InChI is InChI=1S/C15H16N6O2/c16-14-13-11(15(23)18-4-1-7-22)8-12(21(13)20-9-19-14)10-2-5-17-6-3-10/h2-3,5-6,8-9,22H,1,4,7H2,(H,18,23)(H2,16,19,20). The number of rotatable bonds is 5. The van der Waals surface area contributed by atoms with E-state index in [4.69, 9.17) is 10.8 Å². The van der Waals surface area contributed by atoms with Crippen LogP contribution in [0.3, 0.4) is 0 Å². The van der Waals surface area contributed by atoms with E-state index in [1.54, 1.807) is 23.0 Å². The molecule has 3 aromatic heterocycles. The van der Waals surface area contributed by atoms with Crippen LogP contribution in [0.1, 0.15) is 16.8 Å². The average molecular weight is 312 g/mol. The minimum Gasteiger partial charge on any atom is -0.396 e. The average Bonchev–Trinajstić information content (AvgIpc) is 2.97. The largest absolute Gasteiger partial charge is 0.396 e. The van der Waals surface area contributed by atoms with Crippen molar-refractivity contribution in [2.24, 2.45) is 0 Å². The quantitative estimate of drug-likeness (QED) is 0.590. The van der Waals surface area contributed by atoms with Crippen molar-refractivity contribution in [1.82, 2.24) is 24.9 Å². The Labute approximate surface area is 132 Å². The van der Waals surface area contributed by atoms with Gasteiger partial charge in [0.25, 0.3) is 5.91 Å². The SMILES string of the molecule is Nc1ncnn2c(-c3ccncc3)cc(C(=O)NCCCO)c12. The van der Waals surface area contributed by atoms with E-state index in [-0.39, 0.29) is 18.3 Å². The number of nitrogens with zero attached hydrogens (tertiary/aromatic N) is 4. The second-order valence-electron chi connectivity index (χ2n) is 4.92. The molecule has 3 rings (SSSR count). The number of pyridine rings is 1. The van der Waals surface area contributed by atoms with Crippen LogP contribution >= 0.6 is 0 Å². The summed E-state index contributed by atoms with van der Waals surface area (Å²) in [6.07, 6.45) is 5.17. The third-order valence-corrected chi connectivity index (χ3v) is 3.42. The summed E-state index contributed by atoms with van der Waals surface area (Å²) >= 11 is 0. The Kier molecular flexibility index (Phi) is 4.15. The predicted molar refractivity (Wildman–Crippen MR) is 84.7 cm³/mol. The Hall–Kier alpha value is -3.00. The molecule has 0 saturated heterocycles. The van der Waals surface area contributed by atoms with E-state index in [9.17, 15) is 4.79 Å². The van der Waals surface area contributed by atoms with E-state index in [1.165, 1.54) is 6.33 Å². The molecule has 23 heavy (non-hydrogen) atoms. The highest BCUT2D eigenvalue weighted by Crippen LogP contribution is 2.27. The molecule has 4 N–H and O–H groups in total. The Morgan fingerprint density at radius 1 is 1.35 bits per heavy atom. The van der Waals surface area contributed by atoms with E-state index in [0.29, 0.717) is 24.0 Å². The predicted octanol–water partition coefficient (Wildman–Crippen LogP) is 0.486.